The van der Waals surface area contributed by atoms with Gasteiger partial charge < -0.3 is 4.74 Å². The highest BCUT2D eigenvalue weighted by Gasteiger charge is 2.33. The van der Waals surface area contributed by atoms with Crippen LogP contribution in [0.25, 0.3) is 0 Å². The maximum atomic E-state index is 14.0. The first-order valence-electron chi connectivity index (χ1n) is 11.4. The van der Waals surface area contributed by atoms with E-state index in [9.17, 15) is 17.6 Å². The second kappa shape index (κ2) is 10.2. The van der Waals surface area contributed by atoms with E-state index in [1.54, 1.807) is 6.07 Å². The number of ether oxygens (including phenoxy) is 1. The molecule has 0 aliphatic heterocycles. The second-order valence-corrected chi connectivity index (χ2v) is 9.21. The number of hydrogen-bond donors (Lipinski definition) is 0. The van der Waals surface area contributed by atoms with Gasteiger partial charge in [0.2, 0.25) is 0 Å². The Morgan fingerprint density at radius 2 is 1.34 bits per heavy atom. The van der Waals surface area contributed by atoms with E-state index in [1.165, 1.54) is 57.4 Å². The fourth-order valence-corrected chi connectivity index (χ4v) is 5.45. The molecular weight excluding hydrogens is 380 g/mol. The first kappa shape index (κ1) is 22.4. The Morgan fingerprint density at radius 3 is 1.83 bits per heavy atom. The lowest BCUT2D eigenvalue weighted by molar-refractivity contribution is -0.275. The summed E-state index contributed by atoms with van der Waals surface area (Å²) in [6.07, 6.45) is 10.3. The summed E-state index contributed by atoms with van der Waals surface area (Å²) in [4.78, 5) is 0. The van der Waals surface area contributed by atoms with Crippen LogP contribution in [0.5, 0.6) is 5.75 Å². The average molecular weight is 415 g/mol. The van der Waals surface area contributed by atoms with Gasteiger partial charge in [0.05, 0.1) is 0 Å². The van der Waals surface area contributed by atoms with Gasteiger partial charge in [0.1, 0.15) is 0 Å². The molecule has 0 unspecified atom stereocenters. The van der Waals surface area contributed by atoms with Crippen LogP contribution in [0.1, 0.15) is 95.5 Å². The summed E-state index contributed by atoms with van der Waals surface area (Å²) in [5, 5.41) is 0. The van der Waals surface area contributed by atoms with E-state index in [4.69, 9.17) is 0 Å². The number of alkyl halides is 3. The minimum atomic E-state index is -4.87. The molecule has 0 atom stereocenters. The van der Waals surface area contributed by atoms with E-state index >= 15 is 0 Å². The van der Waals surface area contributed by atoms with E-state index in [-0.39, 0.29) is 5.92 Å². The minimum absolute atomic E-state index is 0.241. The van der Waals surface area contributed by atoms with Crippen LogP contribution in [0.15, 0.2) is 18.2 Å². The molecule has 29 heavy (non-hydrogen) atoms. The summed E-state index contributed by atoms with van der Waals surface area (Å²) in [6.45, 7) is 2.28. The number of hydrogen-bond acceptors (Lipinski definition) is 1. The molecule has 0 radical (unpaired) electrons. The number of benzene rings is 1. The minimum Gasteiger partial charge on any atom is -0.403 e. The fraction of sp³-hybridized carbons (Fsp3) is 0.750. The smallest absolute Gasteiger partial charge is 0.403 e. The molecule has 164 valence electrons. The predicted molar refractivity (Wildman–Crippen MR) is 107 cm³/mol. The fourth-order valence-electron chi connectivity index (χ4n) is 5.45. The van der Waals surface area contributed by atoms with Gasteiger partial charge >= 0.3 is 6.36 Å². The van der Waals surface area contributed by atoms with Crippen molar-refractivity contribution in [3.8, 4) is 5.75 Å². The van der Waals surface area contributed by atoms with E-state index in [0.29, 0.717) is 0 Å². The molecule has 0 bridgehead atoms. The molecule has 3 rings (SSSR count). The van der Waals surface area contributed by atoms with Crippen LogP contribution >= 0.6 is 0 Å². The molecular formula is C24H34F4O. The largest absolute Gasteiger partial charge is 0.573 e. The van der Waals surface area contributed by atoms with Crippen LogP contribution < -0.4 is 4.74 Å². The van der Waals surface area contributed by atoms with Gasteiger partial charge in [-0.1, -0.05) is 64.4 Å². The third kappa shape index (κ3) is 6.89. The molecule has 0 heterocycles. The highest BCUT2D eigenvalue weighted by atomic mass is 19.4. The molecule has 0 saturated heterocycles. The number of rotatable bonds is 7. The van der Waals surface area contributed by atoms with Crippen LogP contribution in [0.4, 0.5) is 17.6 Å². The molecule has 0 aromatic heterocycles. The van der Waals surface area contributed by atoms with Crippen LogP contribution in [0.3, 0.4) is 0 Å². The summed E-state index contributed by atoms with van der Waals surface area (Å²) < 4.78 is 54.6. The highest BCUT2D eigenvalue weighted by Crippen LogP contribution is 2.41. The Morgan fingerprint density at radius 1 is 0.828 bits per heavy atom. The van der Waals surface area contributed by atoms with Crippen molar-refractivity contribution < 1.29 is 22.3 Å². The molecule has 1 aromatic carbocycles. The van der Waals surface area contributed by atoms with Crippen LogP contribution in [0.2, 0.25) is 0 Å². The maximum Gasteiger partial charge on any atom is 0.573 e. The zero-order valence-electron chi connectivity index (χ0n) is 17.4. The normalized spacial score (nSPS) is 28.3. The third-order valence-corrected chi connectivity index (χ3v) is 7.15. The summed E-state index contributed by atoms with van der Waals surface area (Å²) in [5.74, 6) is 1.17. The molecule has 1 nitrogen and oxygen atoms in total. The van der Waals surface area contributed by atoms with Crippen molar-refractivity contribution in [2.45, 2.75) is 96.3 Å². The average Bonchev–Trinajstić information content (AvgIpc) is 2.69. The SMILES string of the molecule is CCCC1CCC(CCC2CCC(c3ccc(OC(F)(F)F)c(F)c3)CC2)CC1. The maximum absolute atomic E-state index is 14.0. The first-order valence-corrected chi connectivity index (χ1v) is 11.4. The summed E-state index contributed by atoms with van der Waals surface area (Å²) >= 11 is 0. The van der Waals surface area contributed by atoms with E-state index in [0.717, 1.165) is 55.1 Å². The topological polar surface area (TPSA) is 9.23 Å². The summed E-state index contributed by atoms with van der Waals surface area (Å²) in [5.41, 5.74) is 0.796. The lowest BCUT2D eigenvalue weighted by atomic mass is 9.74. The first-order chi connectivity index (χ1) is 13.8. The Balaban J connectivity index is 1.41. The summed E-state index contributed by atoms with van der Waals surface area (Å²) in [6, 6.07) is 3.92. The quantitative estimate of drug-likeness (QED) is 0.407. The van der Waals surface area contributed by atoms with Crippen LogP contribution in [0, 0.1) is 23.6 Å². The molecule has 0 amide bonds. The van der Waals surface area contributed by atoms with Gasteiger partial charge in [0.15, 0.2) is 11.6 Å². The van der Waals surface area contributed by atoms with Crippen molar-refractivity contribution in [1.29, 1.82) is 0 Å². The van der Waals surface area contributed by atoms with E-state index in [2.05, 4.69) is 11.7 Å². The molecule has 2 aliphatic carbocycles. The van der Waals surface area contributed by atoms with Crippen LogP contribution in [-0.2, 0) is 0 Å². The molecule has 2 saturated carbocycles. The van der Waals surface area contributed by atoms with Gasteiger partial charge in [-0.05, 0) is 67.1 Å². The monoisotopic (exact) mass is 414 g/mol. The summed E-state index contributed by atoms with van der Waals surface area (Å²) in [7, 11) is 0. The Hall–Kier alpha value is -1.26. The third-order valence-electron chi connectivity index (χ3n) is 7.15. The van der Waals surface area contributed by atoms with E-state index in [1.807, 2.05) is 0 Å². The van der Waals surface area contributed by atoms with E-state index < -0.39 is 17.9 Å². The lowest BCUT2D eigenvalue weighted by Crippen LogP contribution is -2.19. The Bertz CT molecular complexity index is 626. The second-order valence-electron chi connectivity index (χ2n) is 9.21. The van der Waals surface area contributed by atoms with Gasteiger partial charge in [-0.15, -0.1) is 13.2 Å². The van der Waals surface area contributed by atoms with Crippen molar-refractivity contribution in [3.63, 3.8) is 0 Å². The molecule has 2 fully saturated rings. The molecule has 0 spiro atoms. The molecule has 5 heteroatoms. The van der Waals surface area contributed by atoms with Gasteiger partial charge in [0, 0.05) is 0 Å². The standard InChI is InChI=1S/C24H34F4O/c1-2-3-17-4-6-18(7-5-17)8-9-19-10-12-20(13-11-19)21-14-15-23(22(25)16-21)29-24(26,27)28/h14-20H,2-13H2,1H3. The Labute approximate surface area is 172 Å². The zero-order valence-corrected chi connectivity index (χ0v) is 17.4. The van der Waals surface area contributed by atoms with Crippen molar-refractivity contribution in [1.82, 2.24) is 0 Å². The van der Waals surface area contributed by atoms with Crippen molar-refractivity contribution >= 4 is 0 Å². The Kier molecular flexibility index (Phi) is 7.86. The number of halogens is 4. The van der Waals surface area contributed by atoms with Crippen molar-refractivity contribution in [3.05, 3.63) is 29.6 Å². The zero-order chi connectivity index (χ0) is 20.9. The van der Waals surface area contributed by atoms with Crippen LogP contribution in [-0.4, -0.2) is 6.36 Å². The van der Waals surface area contributed by atoms with Crippen molar-refractivity contribution in [2.24, 2.45) is 17.8 Å². The van der Waals surface area contributed by atoms with Gasteiger partial charge in [-0.2, -0.15) is 0 Å². The molecule has 2 aliphatic rings. The van der Waals surface area contributed by atoms with Crippen molar-refractivity contribution in [2.75, 3.05) is 0 Å². The van der Waals surface area contributed by atoms with Gasteiger partial charge in [-0.3, -0.25) is 0 Å². The molecule has 0 N–H and O–H groups in total. The van der Waals surface area contributed by atoms with Gasteiger partial charge in [0.25, 0.3) is 0 Å². The molecule has 1 aromatic rings. The predicted octanol–water partition coefficient (Wildman–Crippen LogP) is 8.38. The van der Waals surface area contributed by atoms with Gasteiger partial charge in [-0.25, -0.2) is 4.39 Å². The lowest BCUT2D eigenvalue weighted by Gasteiger charge is -2.32. The highest BCUT2D eigenvalue weighted by molar-refractivity contribution is 5.31.